The third kappa shape index (κ3) is 4.20. The van der Waals surface area contributed by atoms with Gasteiger partial charge in [-0.15, -0.1) is 0 Å². The summed E-state index contributed by atoms with van der Waals surface area (Å²) in [5.41, 5.74) is 0.580. The summed E-state index contributed by atoms with van der Waals surface area (Å²) in [6, 6.07) is 5.87. The first-order chi connectivity index (χ1) is 9.52. The van der Waals surface area contributed by atoms with Gasteiger partial charge in [0.1, 0.15) is 5.82 Å². The average molecular weight is 277 g/mol. The first-order valence-corrected chi connectivity index (χ1v) is 6.04. The molecule has 1 saturated heterocycles. The van der Waals surface area contributed by atoms with Gasteiger partial charge < -0.3 is 9.31 Å². The fourth-order valence-electron chi connectivity index (χ4n) is 1.73. The lowest BCUT2D eigenvalue weighted by atomic mass is 9.88. The Morgan fingerprint density at radius 1 is 1.25 bits per heavy atom. The molecule has 0 bridgehead atoms. The van der Waals surface area contributed by atoms with Crippen LogP contribution in [0.4, 0.5) is 4.39 Å². The molecule has 1 aromatic carbocycles. The quantitative estimate of drug-likeness (QED) is 0.752. The first kappa shape index (κ1) is 14.3. The number of hydrogen-bond acceptors (Lipinski definition) is 5. The second kappa shape index (κ2) is 6.34. The Labute approximate surface area is 116 Å². The molecule has 20 heavy (non-hydrogen) atoms. The van der Waals surface area contributed by atoms with Crippen LogP contribution in [0.5, 0.6) is 0 Å². The van der Waals surface area contributed by atoms with Crippen molar-refractivity contribution in [3.05, 3.63) is 41.6 Å². The van der Waals surface area contributed by atoms with E-state index in [0.717, 1.165) is 0 Å². The molecule has 1 aliphatic heterocycles. The summed E-state index contributed by atoms with van der Waals surface area (Å²) >= 11 is 0. The van der Waals surface area contributed by atoms with Crippen molar-refractivity contribution in [3.63, 3.8) is 0 Å². The maximum absolute atomic E-state index is 13.0. The molecule has 0 aliphatic carbocycles. The van der Waals surface area contributed by atoms with Gasteiger partial charge in [-0.2, -0.15) is 0 Å². The van der Waals surface area contributed by atoms with Crippen molar-refractivity contribution < 1.29 is 23.3 Å². The van der Waals surface area contributed by atoms with Gasteiger partial charge in [-0.3, -0.25) is 14.5 Å². The molecule has 0 amide bonds. The molecule has 5 nitrogen and oxygen atoms in total. The number of rotatable bonds is 2. The topological polar surface area (TPSA) is 55.8 Å². The highest BCUT2D eigenvalue weighted by molar-refractivity contribution is 6.55. The van der Waals surface area contributed by atoms with E-state index in [1.807, 2.05) is 0 Å². The fourth-order valence-corrected chi connectivity index (χ4v) is 1.73. The Bertz CT molecular complexity index is 529. The Hall–Kier alpha value is -2.15. The Kier molecular flexibility index (Phi) is 4.52. The summed E-state index contributed by atoms with van der Waals surface area (Å²) in [5.74, 6) is 0.0406. The van der Waals surface area contributed by atoms with E-state index >= 15 is 0 Å². The van der Waals surface area contributed by atoms with E-state index in [9.17, 15) is 14.0 Å². The molecule has 1 aliphatic rings. The van der Waals surface area contributed by atoms with Crippen LogP contribution >= 0.6 is 0 Å². The highest BCUT2D eigenvalue weighted by Crippen LogP contribution is 2.08. The maximum atomic E-state index is 13.0. The summed E-state index contributed by atoms with van der Waals surface area (Å²) in [7, 11) is 0.526. The predicted octanol–water partition coefficient (Wildman–Crippen LogP) is 0.898. The van der Waals surface area contributed by atoms with Gasteiger partial charge in [-0.25, -0.2) is 4.39 Å². The van der Waals surface area contributed by atoms with E-state index in [0.29, 0.717) is 5.56 Å². The summed E-state index contributed by atoms with van der Waals surface area (Å²) in [6.07, 6.45) is 1.53. The Balaban J connectivity index is 2.06. The van der Waals surface area contributed by atoms with Gasteiger partial charge in [0.25, 0.3) is 0 Å². The van der Waals surface area contributed by atoms with Crippen LogP contribution in [0, 0.1) is 5.82 Å². The normalized spacial score (nSPS) is 17.6. The minimum atomic E-state index is -1.09. The fraction of sp³-hybridized carbons (Fsp3) is 0.231. The number of nitrogens with zero attached hydrogens (tertiary/aromatic N) is 1. The van der Waals surface area contributed by atoms with Crippen molar-refractivity contribution in [1.29, 1.82) is 0 Å². The minimum absolute atomic E-state index is 0.0133. The van der Waals surface area contributed by atoms with Crippen LogP contribution < -0.4 is 0 Å². The van der Waals surface area contributed by atoms with E-state index in [2.05, 4.69) is 0 Å². The molecular formula is C13H13BFNO4. The highest BCUT2D eigenvalue weighted by atomic mass is 19.1. The van der Waals surface area contributed by atoms with Crippen LogP contribution in [0.2, 0.25) is 0 Å². The smallest absolute Gasteiger partial charge is 0.495 e. The molecule has 0 spiro atoms. The van der Waals surface area contributed by atoms with Crippen LogP contribution in [0.1, 0.15) is 5.56 Å². The zero-order chi connectivity index (χ0) is 14.5. The Morgan fingerprint density at radius 3 is 2.50 bits per heavy atom. The van der Waals surface area contributed by atoms with E-state index in [-0.39, 0.29) is 18.9 Å². The molecule has 2 rings (SSSR count). The minimum Gasteiger partial charge on any atom is -0.495 e. The zero-order valence-electron chi connectivity index (χ0n) is 10.9. The van der Waals surface area contributed by atoms with E-state index in [1.54, 1.807) is 19.2 Å². The molecule has 1 heterocycles. The number of carbonyl (C=O) groups is 2. The predicted molar refractivity (Wildman–Crippen MR) is 70.9 cm³/mol. The molecular weight excluding hydrogens is 264 g/mol. The van der Waals surface area contributed by atoms with Crippen LogP contribution in [0.15, 0.2) is 30.2 Å². The lowest BCUT2D eigenvalue weighted by Crippen LogP contribution is -2.41. The summed E-state index contributed by atoms with van der Waals surface area (Å²) < 4.78 is 23.0. The van der Waals surface area contributed by atoms with Crippen LogP contribution in [0.3, 0.4) is 0 Å². The monoisotopic (exact) mass is 277 g/mol. The van der Waals surface area contributed by atoms with Crippen molar-refractivity contribution in [1.82, 2.24) is 4.90 Å². The highest BCUT2D eigenvalue weighted by Gasteiger charge is 2.29. The second-order valence-electron chi connectivity index (χ2n) is 4.43. The Morgan fingerprint density at radius 2 is 1.90 bits per heavy atom. The van der Waals surface area contributed by atoms with Crippen molar-refractivity contribution in [2.24, 2.45) is 0 Å². The van der Waals surface area contributed by atoms with Gasteiger partial charge >= 0.3 is 19.1 Å². The number of hydrogen-bond donors (Lipinski definition) is 0. The number of likely N-dealkylation sites (N-methyl/N-ethyl adjacent to an activating group) is 1. The molecule has 0 atom stereocenters. The standard InChI is InChI=1S/C13H13BFNO4/c1-16-8-12(17)19-14(20-13(18)9-16)6-5-10-3-2-4-11(15)7-10/h2-7H,8-9H2,1H3. The first-order valence-electron chi connectivity index (χ1n) is 6.04. The van der Waals surface area contributed by atoms with Gasteiger partial charge in [0, 0.05) is 0 Å². The van der Waals surface area contributed by atoms with Gasteiger partial charge in [0.2, 0.25) is 0 Å². The van der Waals surface area contributed by atoms with Crippen molar-refractivity contribution in [3.8, 4) is 0 Å². The summed E-state index contributed by atoms with van der Waals surface area (Å²) in [6.45, 7) is 0.0266. The zero-order valence-corrected chi connectivity index (χ0v) is 10.9. The maximum Gasteiger partial charge on any atom is 0.628 e. The number of halogens is 1. The second-order valence-corrected chi connectivity index (χ2v) is 4.43. The van der Waals surface area contributed by atoms with Gasteiger partial charge in [-0.05, 0) is 30.7 Å². The van der Waals surface area contributed by atoms with Crippen molar-refractivity contribution in [2.75, 3.05) is 20.1 Å². The molecule has 0 saturated carbocycles. The average Bonchev–Trinajstić information content (AvgIpc) is 2.34. The van der Waals surface area contributed by atoms with Crippen LogP contribution in [-0.4, -0.2) is 44.1 Å². The van der Waals surface area contributed by atoms with Gasteiger partial charge in [0.05, 0.1) is 13.1 Å². The molecule has 104 valence electrons. The lowest BCUT2D eigenvalue weighted by Gasteiger charge is -2.21. The third-order valence-corrected chi connectivity index (χ3v) is 2.59. The third-order valence-electron chi connectivity index (χ3n) is 2.59. The molecule has 0 radical (unpaired) electrons. The molecule has 1 aromatic rings. The van der Waals surface area contributed by atoms with Crippen LogP contribution in [0.25, 0.3) is 6.08 Å². The van der Waals surface area contributed by atoms with Gasteiger partial charge in [-0.1, -0.05) is 18.2 Å². The van der Waals surface area contributed by atoms with Crippen molar-refractivity contribution >= 4 is 25.1 Å². The largest absolute Gasteiger partial charge is 0.628 e. The summed E-state index contributed by atoms with van der Waals surface area (Å²) in [4.78, 5) is 24.5. The molecule has 1 fully saturated rings. The van der Waals surface area contributed by atoms with Crippen molar-refractivity contribution in [2.45, 2.75) is 0 Å². The molecule has 7 heteroatoms. The van der Waals surface area contributed by atoms with Crippen LogP contribution in [-0.2, 0) is 18.9 Å². The van der Waals surface area contributed by atoms with E-state index < -0.39 is 19.1 Å². The molecule has 0 unspecified atom stereocenters. The number of carbonyl (C=O) groups excluding carboxylic acids is 2. The van der Waals surface area contributed by atoms with E-state index in [4.69, 9.17) is 9.31 Å². The summed E-state index contributed by atoms with van der Waals surface area (Å²) in [5, 5.41) is 0. The molecule has 0 N–H and O–H groups in total. The van der Waals surface area contributed by atoms with Gasteiger partial charge in [0.15, 0.2) is 0 Å². The van der Waals surface area contributed by atoms with E-state index in [1.165, 1.54) is 29.1 Å². The molecule has 0 aromatic heterocycles. The SMILES string of the molecule is CN1CC(=O)OB(C=Cc2cccc(F)c2)OC(=O)C1. The lowest BCUT2D eigenvalue weighted by molar-refractivity contribution is -0.145. The number of benzene rings is 1.